The highest BCUT2D eigenvalue weighted by atomic mass is 35.5. The first-order valence-electron chi connectivity index (χ1n) is 6.38. The number of carbonyl (C=O) groups excluding carboxylic acids is 1. The maximum Gasteiger partial charge on any atom is 0.246 e. The van der Waals surface area contributed by atoms with Gasteiger partial charge < -0.3 is 4.90 Å². The quantitative estimate of drug-likeness (QED) is 0.747. The predicted octanol–water partition coefficient (Wildman–Crippen LogP) is 3.61. The van der Waals surface area contributed by atoms with Crippen LogP contribution in [0.4, 0.5) is 0 Å². The van der Waals surface area contributed by atoms with E-state index in [1.807, 2.05) is 35.2 Å². The minimum Gasteiger partial charge on any atom is -0.339 e. The summed E-state index contributed by atoms with van der Waals surface area (Å²) in [5.74, 6) is 0.841. The van der Waals surface area contributed by atoms with Gasteiger partial charge in [0, 0.05) is 24.2 Å². The van der Waals surface area contributed by atoms with Crippen molar-refractivity contribution in [3.05, 3.63) is 40.9 Å². The summed E-state index contributed by atoms with van der Waals surface area (Å²) in [6, 6.07) is 7.50. The topological polar surface area (TPSA) is 20.3 Å². The predicted molar refractivity (Wildman–Crippen MR) is 75.5 cm³/mol. The highest BCUT2D eigenvalue weighted by molar-refractivity contribution is 6.30. The fourth-order valence-electron chi connectivity index (χ4n) is 2.11. The lowest BCUT2D eigenvalue weighted by molar-refractivity contribution is -0.127. The highest BCUT2D eigenvalue weighted by Crippen LogP contribution is 2.17. The number of rotatable bonds is 2. The molecule has 1 saturated heterocycles. The van der Waals surface area contributed by atoms with E-state index in [0.29, 0.717) is 5.02 Å². The molecule has 1 aromatic rings. The van der Waals surface area contributed by atoms with Crippen LogP contribution in [-0.2, 0) is 4.79 Å². The van der Waals surface area contributed by atoms with Gasteiger partial charge >= 0.3 is 0 Å². The van der Waals surface area contributed by atoms with Crippen molar-refractivity contribution in [1.29, 1.82) is 0 Å². The smallest absolute Gasteiger partial charge is 0.246 e. The number of hydrogen-bond acceptors (Lipinski definition) is 1. The Hall–Kier alpha value is -1.28. The van der Waals surface area contributed by atoms with Crippen LogP contribution in [0.3, 0.4) is 0 Å². The number of benzene rings is 1. The third-order valence-electron chi connectivity index (χ3n) is 3.36. The summed E-state index contributed by atoms with van der Waals surface area (Å²) in [4.78, 5) is 13.9. The number of halogens is 1. The molecule has 1 amide bonds. The van der Waals surface area contributed by atoms with E-state index in [1.54, 1.807) is 6.08 Å². The van der Waals surface area contributed by atoms with E-state index in [4.69, 9.17) is 11.6 Å². The number of likely N-dealkylation sites (tertiary alicyclic amines) is 1. The second-order valence-corrected chi connectivity index (χ2v) is 5.33. The minimum atomic E-state index is 0.0990. The molecule has 1 aliphatic rings. The largest absolute Gasteiger partial charge is 0.339 e. The van der Waals surface area contributed by atoms with Gasteiger partial charge in [0.05, 0.1) is 0 Å². The molecule has 1 heterocycles. The molecule has 0 radical (unpaired) electrons. The standard InChI is InChI=1S/C15H18ClNO/c1-12-7-9-17(10-8-12)15(18)6-5-13-3-2-4-14(16)11-13/h2-6,11-12H,7-10H2,1H3. The molecule has 1 aromatic carbocycles. The van der Waals surface area contributed by atoms with Gasteiger partial charge in [0.15, 0.2) is 0 Å². The molecule has 0 bridgehead atoms. The Bertz CT molecular complexity index is 448. The fourth-order valence-corrected chi connectivity index (χ4v) is 2.31. The van der Waals surface area contributed by atoms with Crippen LogP contribution < -0.4 is 0 Å². The first-order valence-corrected chi connectivity index (χ1v) is 6.75. The van der Waals surface area contributed by atoms with Gasteiger partial charge in [0.1, 0.15) is 0 Å². The monoisotopic (exact) mass is 263 g/mol. The van der Waals surface area contributed by atoms with Crippen LogP contribution in [0, 0.1) is 5.92 Å². The van der Waals surface area contributed by atoms with Gasteiger partial charge in [-0.05, 0) is 42.5 Å². The maximum absolute atomic E-state index is 12.0. The van der Waals surface area contributed by atoms with Gasteiger partial charge in [0.2, 0.25) is 5.91 Å². The summed E-state index contributed by atoms with van der Waals surface area (Å²) in [6.45, 7) is 3.99. The molecule has 3 heteroatoms. The zero-order valence-corrected chi connectivity index (χ0v) is 11.4. The molecule has 0 spiro atoms. The Morgan fingerprint density at radius 2 is 2.11 bits per heavy atom. The normalized spacial score (nSPS) is 17.3. The molecule has 1 aliphatic heterocycles. The SMILES string of the molecule is CC1CCN(C(=O)C=Cc2cccc(Cl)c2)CC1. The van der Waals surface area contributed by atoms with Gasteiger partial charge in [-0.25, -0.2) is 0 Å². The van der Waals surface area contributed by atoms with Crippen LogP contribution in [0.15, 0.2) is 30.3 Å². The molecule has 0 atom stereocenters. The number of amides is 1. The lowest BCUT2D eigenvalue weighted by atomic mass is 9.99. The lowest BCUT2D eigenvalue weighted by Crippen LogP contribution is -2.36. The van der Waals surface area contributed by atoms with Crippen LogP contribution in [-0.4, -0.2) is 23.9 Å². The minimum absolute atomic E-state index is 0.0990. The first kappa shape index (κ1) is 13.2. The molecular weight excluding hydrogens is 246 g/mol. The molecule has 0 aliphatic carbocycles. The van der Waals surface area contributed by atoms with E-state index < -0.39 is 0 Å². The molecule has 0 N–H and O–H groups in total. The van der Waals surface area contributed by atoms with E-state index in [-0.39, 0.29) is 5.91 Å². The van der Waals surface area contributed by atoms with Gasteiger partial charge in [-0.3, -0.25) is 4.79 Å². The van der Waals surface area contributed by atoms with Crippen LogP contribution in [0.2, 0.25) is 5.02 Å². The Morgan fingerprint density at radius 3 is 2.78 bits per heavy atom. The first-order chi connectivity index (χ1) is 8.65. The van der Waals surface area contributed by atoms with Crippen molar-refractivity contribution in [2.45, 2.75) is 19.8 Å². The van der Waals surface area contributed by atoms with Crippen molar-refractivity contribution >= 4 is 23.6 Å². The van der Waals surface area contributed by atoms with E-state index in [2.05, 4.69) is 6.92 Å². The summed E-state index contributed by atoms with van der Waals surface area (Å²) in [7, 11) is 0. The Morgan fingerprint density at radius 1 is 1.39 bits per heavy atom. The highest BCUT2D eigenvalue weighted by Gasteiger charge is 2.18. The summed E-state index contributed by atoms with van der Waals surface area (Å²) < 4.78 is 0. The molecule has 0 aromatic heterocycles. The summed E-state index contributed by atoms with van der Waals surface area (Å²) in [5.41, 5.74) is 0.959. The van der Waals surface area contributed by atoms with Crippen LogP contribution in [0.5, 0.6) is 0 Å². The molecule has 0 saturated carbocycles. The van der Waals surface area contributed by atoms with Gasteiger partial charge in [-0.15, -0.1) is 0 Å². The third kappa shape index (κ3) is 3.61. The Labute approximate surface area is 113 Å². The number of nitrogens with zero attached hydrogens (tertiary/aromatic N) is 1. The molecule has 1 fully saturated rings. The molecule has 96 valence electrons. The van der Waals surface area contributed by atoms with Crippen molar-refractivity contribution in [2.24, 2.45) is 5.92 Å². The summed E-state index contributed by atoms with van der Waals surface area (Å²) in [5, 5.41) is 0.691. The van der Waals surface area contributed by atoms with Crippen molar-refractivity contribution < 1.29 is 4.79 Å². The summed E-state index contributed by atoms with van der Waals surface area (Å²) >= 11 is 5.90. The Kier molecular flexibility index (Phi) is 4.43. The zero-order chi connectivity index (χ0) is 13.0. The van der Waals surface area contributed by atoms with Crippen LogP contribution in [0.25, 0.3) is 6.08 Å². The van der Waals surface area contributed by atoms with Gasteiger partial charge in [-0.2, -0.15) is 0 Å². The van der Waals surface area contributed by atoms with Crippen LogP contribution in [0.1, 0.15) is 25.3 Å². The van der Waals surface area contributed by atoms with Crippen molar-refractivity contribution in [1.82, 2.24) is 4.90 Å². The van der Waals surface area contributed by atoms with Crippen molar-refractivity contribution in [3.8, 4) is 0 Å². The fraction of sp³-hybridized carbons (Fsp3) is 0.400. The van der Waals surface area contributed by atoms with E-state index in [1.165, 1.54) is 0 Å². The average molecular weight is 264 g/mol. The number of carbonyl (C=O) groups is 1. The van der Waals surface area contributed by atoms with E-state index in [0.717, 1.165) is 37.4 Å². The molecular formula is C15H18ClNO. The maximum atomic E-state index is 12.0. The van der Waals surface area contributed by atoms with Crippen molar-refractivity contribution in [2.75, 3.05) is 13.1 Å². The van der Waals surface area contributed by atoms with Crippen LogP contribution >= 0.6 is 11.6 Å². The number of hydrogen-bond donors (Lipinski definition) is 0. The molecule has 0 unspecified atom stereocenters. The number of piperidine rings is 1. The van der Waals surface area contributed by atoms with E-state index in [9.17, 15) is 4.79 Å². The lowest BCUT2D eigenvalue weighted by Gasteiger charge is -2.29. The summed E-state index contributed by atoms with van der Waals surface area (Å²) in [6.07, 6.45) is 5.68. The zero-order valence-electron chi connectivity index (χ0n) is 10.6. The molecule has 2 nitrogen and oxygen atoms in total. The van der Waals surface area contributed by atoms with Gasteiger partial charge in [-0.1, -0.05) is 30.7 Å². The van der Waals surface area contributed by atoms with E-state index >= 15 is 0 Å². The average Bonchev–Trinajstić information content (AvgIpc) is 2.37. The second kappa shape index (κ2) is 6.05. The second-order valence-electron chi connectivity index (χ2n) is 4.90. The molecule has 2 rings (SSSR count). The molecule has 18 heavy (non-hydrogen) atoms. The van der Waals surface area contributed by atoms with Crippen molar-refractivity contribution in [3.63, 3.8) is 0 Å². The third-order valence-corrected chi connectivity index (χ3v) is 3.60. The van der Waals surface area contributed by atoms with Gasteiger partial charge in [0.25, 0.3) is 0 Å². The Balaban J connectivity index is 1.94.